The van der Waals surface area contributed by atoms with Crippen LogP contribution in [0.5, 0.6) is 0 Å². The lowest BCUT2D eigenvalue weighted by Crippen LogP contribution is -2.43. The topological polar surface area (TPSA) is 63.1 Å². The van der Waals surface area contributed by atoms with Crippen LogP contribution >= 0.6 is 0 Å². The molecule has 1 aliphatic rings. The van der Waals surface area contributed by atoms with Gasteiger partial charge in [0, 0.05) is 19.3 Å². The van der Waals surface area contributed by atoms with Crippen LogP contribution in [0.25, 0.3) is 0 Å². The summed E-state index contributed by atoms with van der Waals surface area (Å²) < 4.78 is 1.57. The number of carbonyl (C=O) groups is 1. The Kier molecular flexibility index (Phi) is 4.08. The molecule has 1 saturated heterocycles. The predicted molar refractivity (Wildman–Crippen MR) is 63.3 cm³/mol. The van der Waals surface area contributed by atoms with E-state index in [2.05, 4.69) is 15.6 Å². The van der Waals surface area contributed by atoms with Gasteiger partial charge in [0.05, 0.1) is 6.20 Å². The number of hydrogen-bond donors (Lipinski definition) is 1. The van der Waals surface area contributed by atoms with Gasteiger partial charge in [0.15, 0.2) is 0 Å². The Hall–Kier alpha value is -1.43. The van der Waals surface area contributed by atoms with Crippen molar-refractivity contribution in [1.29, 1.82) is 0 Å². The lowest BCUT2D eigenvalue weighted by atomic mass is 9.98. The molecule has 1 atom stereocenters. The van der Waals surface area contributed by atoms with E-state index in [4.69, 9.17) is 0 Å². The first kappa shape index (κ1) is 12.0. The van der Waals surface area contributed by atoms with Crippen molar-refractivity contribution in [1.82, 2.24) is 25.2 Å². The Labute approximate surface area is 101 Å². The average molecular weight is 237 g/mol. The Morgan fingerprint density at radius 3 is 3.18 bits per heavy atom. The highest BCUT2D eigenvalue weighted by Crippen LogP contribution is 2.15. The SMILES string of the molecule is CNCC1CCCN(C(=O)Cn2ccnn2)C1. The molecule has 6 nitrogen and oxygen atoms in total. The number of rotatable bonds is 4. The minimum Gasteiger partial charge on any atom is -0.341 e. The van der Waals surface area contributed by atoms with Crippen molar-refractivity contribution in [2.24, 2.45) is 5.92 Å². The number of amides is 1. The smallest absolute Gasteiger partial charge is 0.244 e. The number of nitrogens with one attached hydrogen (secondary N) is 1. The van der Waals surface area contributed by atoms with Crippen molar-refractivity contribution < 1.29 is 4.79 Å². The fourth-order valence-electron chi connectivity index (χ4n) is 2.30. The molecule has 17 heavy (non-hydrogen) atoms. The Balaban J connectivity index is 1.86. The molecule has 0 spiro atoms. The van der Waals surface area contributed by atoms with Gasteiger partial charge in [-0.05, 0) is 32.4 Å². The van der Waals surface area contributed by atoms with Crippen LogP contribution in [0.3, 0.4) is 0 Å². The second kappa shape index (κ2) is 5.77. The van der Waals surface area contributed by atoms with Gasteiger partial charge >= 0.3 is 0 Å². The first-order chi connectivity index (χ1) is 8.29. The number of hydrogen-bond acceptors (Lipinski definition) is 4. The van der Waals surface area contributed by atoms with E-state index in [1.807, 2.05) is 11.9 Å². The third-order valence-corrected chi connectivity index (χ3v) is 3.13. The van der Waals surface area contributed by atoms with Gasteiger partial charge < -0.3 is 10.2 Å². The minimum atomic E-state index is 0.135. The zero-order valence-corrected chi connectivity index (χ0v) is 10.2. The maximum atomic E-state index is 12.0. The van der Waals surface area contributed by atoms with E-state index in [1.165, 1.54) is 6.42 Å². The van der Waals surface area contributed by atoms with Crippen molar-refractivity contribution in [3.05, 3.63) is 12.4 Å². The summed E-state index contributed by atoms with van der Waals surface area (Å²) in [6.07, 6.45) is 5.60. The van der Waals surface area contributed by atoms with E-state index in [9.17, 15) is 4.79 Å². The van der Waals surface area contributed by atoms with E-state index in [0.29, 0.717) is 12.5 Å². The molecule has 1 aromatic heterocycles. The molecule has 1 unspecified atom stereocenters. The van der Waals surface area contributed by atoms with E-state index in [0.717, 1.165) is 26.1 Å². The zero-order valence-electron chi connectivity index (χ0n) is 10.2. The summed E-state index contributed by atoms with van der Waals surface area (Å²) in [5.41, 5.74) is 0. The van der Waals surface area contributed by atoms with Crippen molar-refractivity contribution >= 4 is 5.91 Å². The van der Waals surface area contributed by atoms with Crippen molar-refractivity contribution in [3.63, 3.8) is 0 Å². The second-order valence-corrected chi connectivity index (χ2v) is 4.51. The van der Waals surface area contributed by atoms with E-state index in [-0.39, 0.29) is 5.91 Å². The summed E-state index contributed by atoms with van der Waals surface area (Å²) in [5.74, 6) is 0.713. The molecule has 94 valence electrons. The zero-order chi connectivity index (χ0) is 12.1. The molecular weight excluding hydrogens is 218 g/mol. The second-order valence-electron chi connectivity index (χ2n) is 4.51. The van der Waals surface area contributed by atoms with Gasteiger partial charge in [0.1, 0.15) is 6.54 Å². The summed E-state index contributed by atoms with van der Waals surface area (Å²) in [6.45, 7) is 3.00. The van der Waals surface area contributed by atoms with E-state index in [1.54, 1.807) is 17.1 Å². The first-order valence-electron chi connectivity index (χ1n) is 6.06. The Morgan fingerprint density at radius 2 is 2.47 bits per heavy atom. The molecule has 1 fully saturated rings. The summed E-state index contributed by atoms with van der Waals surface area (Å²) in [6, 6.07) is 0. The number of carbonyl (C=O) groups excluding carboxylic acids is 1. The van der Waals surface area contributed by atoms with Crippen LogP contribution in [0.1, 0.15) is 12.8 Å². The molecule has 0 saturated carbocycles. The van der Waals surface area contributed by atoms with Crippen LogP contribution in [0.4, 0.5) is 0 Å². The minimum absolute atomic E-state index is 0.135. The molecule has 0 radical (unpaired) electrons. The summed E-state index contributed by atoms with van der Waals surface area (Å²) in [7, 11) is 1.95. The molecule has 0 aromatic carbocycles. The third-order valence-electron chi connectivity index (χ3n) is 3.13. The quantitative estimate of drug-likeness (QED) is 0.783. The van der Waals surface area contributed by atoms with E-state index >= 15 is 0 Å². The lowest BCUT2D eigenvalue weighted by molar-refractivity contribution is -0.133. The monoisotopic (exact) mass is 237 g/mol. The lowest BCUT2D eigenvalue weighted by Gasteiger charge is -2.32. The summed E-state index contributed by atoms with van der Waals surface area (Å²) in [5, 5.41) is 10.7. The Bertz CT molecular complexity index is 349. The maximum Gasteiger partial charge on any atom is 0.244 e. The van der Waals surface area contributed by atoms with Gasteiger partial charge in [0.25, 0.3) is 0 Å². The molecule has 2 rings (SSSR count). The van der Waals surface area contributed by atoms with Crippen LogP contribution in [0.15, 0.2) is 12.4 Å². The van der Waals surface area contributed by atoms with Crippen LogP contribution in [0, 0.1) is 5.92 Å². The van der Waals surface area contributed by atoms with Crippen LogP contribution in [-0.2, 0) is 11.3 Å². The fourth-order valence-corrected chi connectivity index (χ4v) is 2.30. The molecule has 1 N–H and O–H groups in total. The molecule has 1 amide bonds. The number of nitrogens with zero attached hydrogens (tertiary/aromatic N) is 4. The molecule has 2 heterocycles. The van der Waals surface area contributed by atoms with Crippen LogP contribution in [-0.4, -0.2) is 52.5 Å². The summed E-state index contributed by atoms with van der Waals surface area (Å²) in [4.78, 5) is 14.0. The van der Waals surface area contributed by atoms with Gasteiger partial charge in [-0.15, -0.1) is 5.10 Å². The van der Waals surface area contributed by atoms with Gasteiger partial charge in [-0.3, -0.25) is 4.79 Å². The van der Waals surface area contributed by atoms with Crippen molar-refractivity contribution in [3.8, 4) is 0 Å². The van der Waals surface area contributed by atoms with Gasteiger partial charge in [-0.2, -0.15) is 0 Å². The maximum absolute atomic E-state index is 12.0. The molecular formula is C11H19N5O. The molecule has 0 bridgehead atoms. The number of piperidine rings is 1. The van der Waals surface area contributed by atoms with Crippen LogP contribution in [0.2, 0.25) is 0 Å². The highest BCUT2D eigenvalue weighted by Gasteiger charge is 2.23. The standard InChI is InChI=1S/C11H19N5O/c1-12-7-10-3-2-5-15(8-10)11(17)9-16-6-4-13-14-16/h4,6,10,12H,2-3,5,7-9H2,1H3. The molecule has 1 aromatic rings. The van der Waals surface area contributed by atoms with Crippen molar-refractivity contribution in [2.45, 2.75) is 19.4 Å². The molecule has 1 aliphatic heterocycles. The fraction of sp³-hybridized carbons (Fsp3) is 0.727. The third kappa shape index (κ3) is 3.26. The van der Waals surface area contributed by atoms with Crippen LogP contribution < -0.4 is 5.32 Å². The highest BCUT2D eigenvalue weighted by atomic mass is 16.2. The number of likely N-dealkylation sites (tertiary alicyclic amines) is 1. The highest BCUT2D eigenvalue weighted by molar-refractivity contribution is 5.75. The number of aromatic nitrogens is 3. The molecule has 0 aliphatic carbocycles. The van der Waals surface area contributed by atoms with Gasteiger partial charge in [-0.25, -0.2) is 4.68 Å². The molecule has 6 heteroatoms. The largest absolute Gasteiger partial charge is 0.341 e. The van der Waals surface area contributed by atoms with Crippen molar-refractivity contribution in [2.75, 3.05) is 26.7 Å². The normalized spacial score (nSPS) is 20.5. The first-order valence-corrected chi connectivity index (χ1v) is 6.06. The Morgan fingerprint density at radius 1 is 1.59 bits per heavy atom. The summed E-state index contributed by atoms with van der Waals surface area (Å²) >= 11 is 0. The predicted octanol–water partition coefficient (Wildman–Crippen LogP) is -0.264. The van der Waals surface area contributed by atoms with Gasteiger partial charge in [0.2, 0.25) is 5.91 Å². The average Bonchev–Trinajstić information content (AvgIpc) is 2.83. The van der Waals surface area contributed by atoms with E-state index < -0.39 is 0 Å². The van der Waals surface area contributed by atoms with Gasteiger partial charge in [-0.1, -0.05) is 5.21 Å².